The zero-order valence-electron chi connectivity index (χ0n) is 14.7. The fraction of sp³-hybridized carbons (Fsp3) is 0.333. The topological polar surface area (TPSA) is 88.2 Å². The molecule has 1 aromatic carbocycles. The van der Waals surface area contributed by atoms with Crippen molar-refractivity contribution in [3.8, 4) is 0 Å². The van der Waals surface area contributed by atoms with E-state index in [1.54, 1.807) is 48.2 Å². The van der Waals surface area contributed by atoms with Crippen LogP contribution in [0.25, 0.3) is 0 Å². The number of amidine groups is 1. The van der Waals surface area contributed by atoms with Gasteiger partial charge in [0, 0.05) is 33.8 Å². The lowest BCUT2D eigenvalue weighted by atomic mass is 10.1. The number of hydrogen-bond donors (Lipinski definition) is 2. The Kier molecular flexibility index (Phi) is 12.7. The third kappa shape index (κ3) is 11.4. The molecule has 0 unspecified atom stereocenters. The standard InChI is InChI=1S/C14H19N3O2S.CH3NOS.ClH/c1-10(18)11-6-8-12(9-7-11)15-13(16(2)3)19-14(20)17(4)5;2-1(3)4;/h6-9H,1-5H3;(H3,2,3,4);1H. The maximum atomic E-state index is 11.2. The van der Waals surface area contributed by atoms with Crippen molar-refractivity contribution in [3.63, 3.8) is 0 Å². The first-order valence-corrected chi connectivity index (χ1v) is 7.64. The van der Waals surface area contributed by atoms with Crippen LogP contribution in [0.3, 0.4) is 0 Å². The molecule has 1 rings (SSSR count). The van der Waals surface area contributed by atoms with E-state index in [1.807, 2.05) is 14.1 Å². The summed E-state index contributed by atoms with van der Waals surface area (Å²) in [6.07, 6.45) is 0. The summed E-state index contributed by atoms with van der Waals surface area (Å²) in [6, 6.07) is 7.39. The van der Waals surface area contributed by atoms with Gasteiger partial charge in [0.25, 0.3) is 16.4 Å². The van der Waals surface area contributed by atoms with Gasteiger partial charge < -0.3 is 20.3 Å². The van der Waals surface area contributed by atoms with Crippen LogP contribution in [0.2, 0.25) is 0 Å². The van der Waals surface area contributed by atoms with Crippen LogP contribution in [-0.2, 0) is 4.74 Å². The molecule has 0 atom stereocenters. The number of nitrogens with zero attached hydrogens (tertiary/aromatic N) is 3. The highest BCUT2D eigenvalue weighted by molar-refractivity contribution is 7.96. The van der Waals surface area contributed by atoms with Gasteiger partial charge in [-0.15, -0.1) is 12.4 Å². The molecule has 0 saturated carbocycles. The van der Waals surface area contributed by atoms with Gasteiger partial charge in [-0.2, -0.15) is 4.99 Å². The molecular weight excluding hydrogens is 384 g/mol. The smallest absolute Gasteiger partial charge is 0.299 e. The summed E-state index contributed by atoms with van der Waals surface area (Å²) in [5, 5.41) is -0.308. The molecule has 0 radical (unpaired) electrons. The molecule has 25 heavy (non-hydrogen) atoms. The minimum atomic E-state index is -0.639. The molecule has 0 aliphatic rings. The number of thiol groups is 1. The lowest BCUT2D eigenvalue weighted by molar-refractivity contribution is 0.101. The first-order valence-electron chi connectivity index (χ1n) is 6.79. The van der Waals surface area contributed by atoms with E-state index in [0.717, 1.165) is 0 Å². The minimum absolute atomic E-state index is 0. The average Bonchev–Trinajstić information content (AvgIpc) is 2.46. The van der Waals surface area contributed by atoms with Crippen LogP contribution in [0, 0.1) is 0 Å². The van der Waals surface area contributed by atoms with Gasteiger partial charge in [-0.3, -0.25) is 9.59 Å². The summed E-state index contributed by atoms with van der Waals surface area (Å²) in [7, 11) is 7.25. The monoisotopic (exact) mass is 406 g/mol. The number of primary amides is 1. The normalized spacial score (nSPS) is 9.76. The number of ether oxygens (including phenoxy) is 1. The average molecular weight is 407 g/mol. The molecule has 0 saturated heterocycles. The van der Waals surface area contributed by atoms with Crippen LogP contribution in [0.4, 0.5) is 10.5 Å². The molecule has 140 valence electrons. The Morgan fingerprint density at radius 2 is 1.56 bits per heavy atom. The van der Waals surface area contributed by atoms with Crippen molar-refractivity contribution in [3.05, 3.63) is 29.8 Å². The fourth-order valence-electron chi connectivity index (χ4n) is 1.26. The van der Waals surface area contributed by atoms with Gasteiger partial charge in [-0.05, 0) is 43.4 Å². The Morgan fingerprint density at radius 1 is 1.12 bits per heavy atom. The van der Waals surface area contributed by atoms with E-state index < -0.39 is 5.24 Å². The number of Topliss-reactive ketones (excluding diaryl/α,β-unsaturated/α-hetero) is 1. The number of carbonyl (C=O) groups is 2. The van der Waals surface area contributed by atoms with Crippen LogP contribution in [0.15, 0.2) is 29.3 Å². The number of hydrogen-bond acceptors (Lipinski definition) is 5. The van der Waals surface area contributed by atoms with Gasteiger partial charge in [0.1, 0.15) is 0 Å². The van der Waals surface area contributed by atoms with Crippen molar-refractivity contribution in [2.75, 3.05) is 28.2 Å². The van der Waals surface area contributed by atoms with Crippen LogP contribution in [-0.4, -0.2) is 60.2 Å². The third-order valence-electron chi connectivity index (χ3n) is 2.42. The molecule has 2 N–H and O–H groups in total. The Morgan fingerprint density at radius 3 is 1.88 bits per heavy atom. The summed E-state index contributed by atoms with van der Waals surface area (Å²) in [5.41, 5.74) is 5.68. The summed E-state index contributed by atoms with van der Waals surface area (Å²) >= 11 is 8.20. The summed E-state index contributed by atoms with van der Waals surface area (Å²) in [4.78, 5) is 28.1. The molecule has 1 amide bonds. The Bertz CT molecular complexity index is 616. The number of rotatable bonds is 2. The van der Waals surface area contributed by atoms with E-state index in [9.17, 15) is 4.79 Å². The van der Waals surface area contributed by atoms with Crippen molar-refractivity contribution in [1.82, 2.24) is 9.80 Å². The van der Waals surface area contributed by atoms with Gasteiger partial charge in [-0.1, -0.05) is 12.6 Å². The second kappa shape index (κ2) is 12.5. The van der Waals surface area contributed by atoms with Crippen molar-refractivity contribution >= 4 is 65.2 Å². The van der Waals surface area contributed by atoms with E-state index in [2.05, 4.69) is 23.4 Å². The van der Waals surface area contributed by atoms with Gasteiger partial charge in [0.05, 0.1) is 5.69 Å². The van der Waals surface area contributed by atoms with Gasteiger partial charge in [0.2, 0.25) is 0 Å². The number of carbonyl (C=O) groups excluding carboxylic acids is 2. The molecule has 10 heteroatoms. The summed E-state index contributed by atoms with van der Waals surface area (Å²) in [6.45, 7) is 1.53. The second-order valence-electron chi connectivity index (χ2n) is 4.99. The highest BCUT2D eigenvalue weighted by Gasteiger charge is 2.09. The SMILES string of the molecule is CC(=O)c1ccc(N=C(OC(=S)N(C)C)N(C)C)cc1.Cl.NC(=O)S. The second-order valence-corrected chi connectivity index (χ2v) is 5.78. The quantitative estimate of drug-likeness (QED) is 0.258. The van der Waals surface area contributed by atoms with Gasteiger partial charge >= 0.3 is 0 Å². The van der Waals surface area contributed by atoms with Gasteiger partial charge in [0.15, 0.2) is 5.78 Å². The third-order valence-corrected chi connectivity index (χ3v) is 2.87. The summed E-state index contributed by atoms with van der Waals surface area (Å²) < 4.78 is 5.52. The lowest BCUT2D eigenvalue weighted by Crippen LogP contribution is -2.32. The first-order chi connectivity index (χ1) is 11.0. The van der Waals surface area contributed by atoms with E-state index in [1.165, 1.54) is 6.92 Å². The molecule has 7 nitrogen and oxygen atoms in total. The molecular formula is C15H23ClN4O3S2. The number of amides is 1. The number of ketones is 1. The minimum Gasteiger partial charge on any atom is -0.398 e. The Balaban J connectivity index is 0. The molecule has 0 fully saturated rings. The summed E-state index contributed by atoms with van der Waals surface area (Å²) in [5.74, 6) is 0.0263. The zero-order valence-corrected chi connectivity index (χ0v) is 17.2. The molecule has 0 spiro atoms. The molecule has 0 bridgehead atoms. The van der Waals surface area contributed by atoms with Crippen molar-refractivity contribution in [2.45, 2.75) is 6.92 Å². The molecule has 0 heterocycles. The molecule has 0 aromatic heterocycles. The van der Waals surface area contributed by atoms with E-state index in [-0.39, 0.29) is 18.2 Å². The Labute approximate surface area is 165 Å². The maximum Gasteiger partial charge on any atom is 0.299 e. The van der Waals surface area contributed by atoms with Crippen LogP contribution < -0.4 is 5.73 Å². The highest BCUT2D eigenvalue weighted by Crippen LogP contribution is 2.14. The Hall–Kier alpha value is -1.84. The van der Waals surface area contributed by atoms with E-state index in [0.29, 0.717) is 22.4 Å². The largest absolute Gasteiger partial charge is 0.398 e. The predicted octanol–water partition coefficient (Wildman–Crippen LogP) is 2.72. The zero-order chi connectivity index (χ0) is 18.9. The predicted molar refractivity (Wildman–Crippen MR) is 110 cm³/mol. The highest BCUT2D eigenvalue weighted by atomic mass is 35.5. The molecule has 1 aromatic rings. The van der Waals surface area contributed by atoms with Crippen LogP contribution >= 0.6 is 37.3 Å². The van der Waals surface area contributed by atoms with E-state index >= 15 is 0 Å². The number of thiocarbonyl (C=S) groups is 1. The van der Waals surface area contributed by atoms with Crippen molar-refractivity contribution < 1.29 is 14.3 Å². The van der Waals surface area contributed by atoms with Crippen LogP contribution in [0.1, 0.15) is 17.3 Å². The maximum absolute atomic E-state index is 11.2. The van der Waals surface area contributed by atoms with Crippen molar-refractivity contribution in [2.24, 2.45) is 10.7 Å². The number of aliphatic imine (C=N–C) groups is 1. The van der Waals surface area contributed by atoms with Crippen molar-refractivity contribution in [1.29, 1.82) is 0 Å². The molecule has 0 aliphatic carbocycles. The fourth-order valence-corrected chi connectivity index (χ4v) is 1.34. The number of benzene rings is 1. The number of nitrogens with two attached hydrogens (primary N) is 1. The van der Waals surface area contributed by atoms with Crippen LogP contribution in [0.5, 0.6) is 0 Å². The number of halogens is 1. The lowest BCUT2D eigenvalue weighted by Gasteiger charge is -2.19. The first kappa shape index (κ1) is 25.4. The van der Waals surface area contributed by atoms with E-state index in [4.69, 9.17) is 21.7 Å². The molecule has 0 aliphatic heterocycles. The van der Waals surface area contributed by atoms with Gasteiger partial charge in [-0.25, -0.2) is 0 Å².